The van der Waals surface area contributed by atoms with Crippen LogP contribution in [0.4, 0.5) is 0 Å². The highest BCUT2D eigenvalue weighted by atomic mass is 35.5. The summed E-state index contributed by atoms with van der Waals surface area (Å²) >= 11 is 0. The molecule has 0 fully saturated rings. The van der Waals surface area contributed by atoms with Crippen molar-refractivity contribution in [2.75, 3.05) is 0 Å². The minimum atomic E-state index is 0. The maximum absolute atomic E-state index is 6.13. The van der Waals surface area contributed by atoms with Crippen molar-refractivity contribution in [1.29, 1.82) is 0 Å². The van der Waals surface area contributed by atoms with Crippen LogP contribution in [-0.2, 0) is 6.42 Å². The molecule has 94 valence electrons. The summed E-state index contributed by atoms with van der Waals surface area (Å²) in [5, 5.41) is 1.31. The molecule has 0 aliphatic carbocycles. The number of aromatic nitrogens is 1. The second-order valence-corrected chi connectivity index (χ2v) is 4.47. The molecule has 0 radical (unpaired) electrons. The van der Waals surface area contributed by atoms with Crippen molar-refractivity contribution in [3.63, 3.8) is 0 Å². The molecule has 0 aliphatic heterocycles. The highest BCUT2D eigenvalue weighted by Crippen LogP contribution is 2.19. The number of halogens is 1. The van der Waals surface area contributed by atoms with Crippen LogP contribution in [0.1, 0.15) is 31.7 Å². The van der Waals surface area contributed by atoms with Crippen LogP contribution in [0.2, 0.25) is 0 Å². The third-order valence-corrected chi connectivity index (χ3v) is 3.09. The molecule has 2 aromatic rings. The fraction of sp³-hybridized carbons (Fsp3) is 0.429. The Morgan fingerprint density at radius 2 is 2.06 bits per heavy atom. The summed E-state index contributed by atoms with van der Waals surface area (Å²) in [4.78, 5) is 3.29. The van der Waals surface area contributed by atoms with Gasteiger partial charge in [-0.15, -0.1) is 12.4 Å². The number of H-pyrrole nitrogens is 1. The molecule has 1 atom stereocenters. The van der Waals surface area contributed by atoms with Crippen LogP contribution in [0.3, 0.4) is 0 Å². The van der Waals surface area contributed by atoms with Crippen molar-refractivity contribution in [2.45, 2.75) is 38.6 Å². The Hall–Kier alpha value is -0.990. The fourth-order valence-electron chi connectivity index (χ4n) is 2.15. The van der Waals surface area contributed by atoms with Crippen LogP contribution in [-0.4, -0.2) is 11.0 Å². The molecular weight excluding hydrogens is 232 g/mol. The molecule has 1 aromatic heterocycles. The van der Waals surface area contributed by atoms with E-state index in [4.69, 9.17) is 5.73 Å². The number of rotatable bonds is 5. The Morgan fingerprint density at radius 3 is 2.82 bits per heavy atom. The average Bonchev–Trinajstić information content (AvgIpc) is 2.70. The first-order chi connectivity index (χ1) is 7.81. The summed E-state index contributed by atoms with van der Waals surface area (Å²) in [6, 6.07) is 8.69. The SMILES string of the molecule is CCCC[C@H](N)Cc1c[nH]c2ccccc12.Cl. The Morgan fingerprint density at radius 1 is 1.29 bits per heavy atom. The third-order valence-electron chi connectivity index (χ3n) is 3.09. The second kappa shape index (κ2) is 6.67. The van der Waals surface area contributed by atoms with Crippen LogP contribution in [0.5, 0.6) is 0 Å². The van der Waals surface area contributed by atoms with E-state index in [1.165, 1.54) is 29.3 Å². The van der Waals surface area contributed by atoms with E-state index in [2.05, 4.69) is 42.4 Å². The van der Waals surface area contributed by atoms with E-state index in [-0.39, 0.29) is 12.4 Å². The minimum absolute atomic E-state index is 0. The van der Waals surface area contributed by atoms with E-state index < -0.39 is 0 Å². The number of hydrogen-bond donors (Lipinski definition) is 2. The summed E-state index contributed by atoms with van der Waals surface area (Å²) in [5.74, 6) is 0. The normalized spacial score (nSPS) is 12.4. The van der Waals surface area contributed by atoms with Crippen molar-refractivity contribution < 1.29 is 0 Å². The molecule has 0 unspecified atom stereocenters. The lowest BCUT2D eigenvalue weighted by atomic mass is 10.0. The van der Waals surface area contributed by atoms with Gasteiger partial charge in [0.05, 0.1) is 0 Å². The van der Waals surface area contributed by atoms with Crippen molar-refractivity contribution in [3.8, 4) is 0 Å². The van der Waals surface area contributed by atoms with Crippen molar-refractivity contribution in [2.24, 2.45) is 5.73 Å². The summed E-state index contributed by atoms with van der Waals surface area (Å²) < 4.78 is 0. The number of nitrogens with one attached hydrogen (secondary N) is 1. The average molecular weight is 253 g/mol. The Bertz CT molecular complexity index is 450. The zero-order valence-electron chi connectivity index (χ0n) is 10.3. The predicted octanol–water partition coefficient (Wildman–Crippen LogP) is 3.65. The first-order valence-corrected chi connectivity index (χ1v) is 6.12. The van der Waals surface area contributed by atoms with E-state index in [0.29, 0.717) is 6.04 Å². The maximum Gasteiger partial charge on any atom is 0.0456 e. The van der Waals surface area contributed by atoms with Crippen LogP contribution < -0.4 is 5.73 Å². The molecule has 17 heavy (non-hydrogen) atoms. The lowest BCUT2D eigenvalue weighted by Gasteiger charge is -2.09. The highest BCUT2D eigenvalue weighted by molar-refractivity contribution is 5.85. The standard InChI is InChI=1S/C14H20N2.ClH/c1-2-3-6-12(15)9-11-10-16-14-8-5-4-7-13(11)14;/h4-5,7-8,10,12,16H,2-3,6,9,15H2,1H3;1H/t12-;/m0./s1. The van der Waals surface area contributed by atoms with Gasteiger partial charge in [0.15, 0.2) is 0 Å². The zero-order chi connectivity index (χ0) is 11.4. The van der Waals surface area contributed by atoms with Gasteiger partial charge in [-0.2, -0.15) is 0 Å². The molecule has 0 saturated heterocycles. The van der Waals surface area contributed by atoms with Crippen LogP contribution >= 0.6 is 12.4 Å². The Kier molecular flexibility index (Phi) is 5.52. The van der Waals surface area contributed by atoms with Crippen molar-refractivity contribution >= 4 is 23.3 Å². The lowest BCUT2D eigenvalue weighted by Crippen LogP contribution is -2.22. The van der Waals surface area contributed by atoms with Gasteiger partial charge in [0.1, 0.15) is 0 Å². The number of nitrogens with two attached hydrogens (primary N) is 1. The van der Waals surface area contributed by atoms with E-state index in [1.807, 2.05) is 0 Å². The number of fused-ring (bicyclic) bond motifs is 1. The van der Waals surface area contributed by atoms with Gasteiger partial charge in [-0.3, -0.25) is 0 Å². The van der Waals surface area contributed by atoms with Gasteiger partial charge >= 0.3 is 0 Å². The van der Waals surface area contributed by atoms with Crippen LogP contribution in [0.15, 0.2) is 30.5 Å². The van der Waals surface area contributed by atoms with Gasteiger partial charge in [-0.05, 0) is 24.5 Å². The fourth-order valence-corrected chi connectivity index (χ4v) is 2.15. The topological polar surface area (TPSA) is 41.8 Å². The monoisotopic (exact) mass is 252 g/mol. The molecule has 0 aliphatic rings. The molecule has 2 nitrogen and oxygen atoms in total. The smallest absolute Gasteiger partial charge is 0.0456 e. The lowest BCUT2D eigenvalue weighted by molar-refractivity contribution is 0.575. The van der Waals surface area contributed by atoms with E-state index in [1.54, 1.807) is 0 Å². The summed E-state index contributed by atoms with van der Waals surface area (Å²) in [6.45, 7) is 2.21. The second-order valence-electron chi connectivity index (χ2n) is 4.47. The minimum Gasteiger partial charge on any atom is -0.361 e. The Balaban J connectivity index is 0.00000144. The van der Waals surface area contributed by atoms with Gasteiger partial charge in [0.2, 0.25) is 0 Å². The molecule has 2 rings (SSSR count). The molecule has 0 amide bonds. The van der Waals surface area contributed by atoms with Crippen LogP contribution in [0, 0.1) is 0 Å². The number of para-hydroxylation sites is 1. The third kappa shape index (κ3) is 3.48. The van der Waals surface area contributed by atoms with Gasteiger partial charge in [0.25, 0.3) is 0 Å². The zero-order valence-corrected chi connectivity index (χ0v) is 11.1. The van der Waals surface area contributed by atoms with Crippen molar-refractivity contribution in [3.05, 3.63) is 36.0 Å². The first-order valence-electron chi connectivity index (χ1n) is 6.12. The molecule has 0 spiro atoms. The van der Waals surface area contributed by atoms with Gasteiger partial charge in [0, 0.05) is 23.1 Å². The molecule has 1 aromatic carbocycles. The number of unbranched alkanes of at least 4 members (excludes halogenated alkanes) is 1. The van der Waals surface area contributed by atoms with E-state index in [9.17, 15) is 0 Å². The molecule has 3 N–H and O–H groups in total. The number of hydrogen-bond acceptors (Lipinski definition) is 1. The quantitative estimate of drug-likeness (QED) is 0.838. The molecular formula is C14H21ClN2. The number of benzene rings is 1. The van der Waals surface area contributed by atoms with Crippen molar-refractivity contribution in [1.82, 2.24) is 4.98 Å². The van der Waals surface area contributed by atoms with Crippen LogP contribution in [0.25, 0.3) is 10.9 Å². The maximum atomic E-state index is 6.13. The van der Waals surface area contributed by atoms with Gasteiger partial charge in [-0.1, -0.05) is 38.0 Å². The highest BCUT2D eigenvalue weighted by Gasteiger charge is 2.07. The number of aromatic amines is 1. The predicted molar refractivity (Wildman–Crippen MR) is 76.8 cm³/mol. The van der Waals surface area contributed by atoms with E-state index >= 15 is 0 Å². The molecule has 0 bridgehead atoms. The Labute approximate surface area is 109 Å². The van der Waals surface area contributed by atoms with Gasteiger partial charge in [-0.25, -0.2) is 0 Å². The summed E-state index contributed by atoms with van der Waals surface area (Å²) in [7, 11) is 0. The summed E-state index contributed by atoms with van der Waals surface area (Å²) in [5.41, 5.74) is 8.68. The first kappa shape index (κ1) is 14.1. The molecule has 3 heteroatoms. The molecule has 1 heterocycles. The van der Waals surface area contributed by atoms with E-state index in [0.717, 1.165) is 12.8 Å². The van der Waals surface area contributed by atoms with Gasteiger partial charge < -0.3 is 10.7 Å². The molecule has 0 saturated carbocycles. The largest absolute Gasteiger partial charge is 0.361 e. The summed E-state index contributed by atoms with van der Waals surface area (Å²) in [6.07, 6.45) is 6.64.